The van der Waals surface area contributed by atoms with Gasteiger partial charge in [-0.05, 0) is 42.3 Å². The van der Waals surface area contributed by atoms with Gasteiger partial charge >= 0.3 is 30.1 Å². The van der Waals surface area contributed by atoms with E-state index in [0.717, 1.165) is 19.2 Å². The summed E-state index contributed by atoms with van der Waals surface area (Å²) in [6, 6.07) is 3.37. The Morgan fingerprint density at radius 1 is 0.600 bits per heavy atom. The van der Waals surface area contributed by atoms with Crippen LogP contribution in [0.15, 0.2) is 48.5 Å². The lowest BCUT2D eigenvalue weighted by Crippen LogP contribution is -2.86. The fourth-order valence-electron chi connectivity index (χ4n) is 3.85. The predicted octanol–water partition coefficient (Wildman–Crippen LogP) is 7.16. The number of halogens is 12. The van der Waals surface area contributed by atoms with Gasteiger partial charge < -0.3 is 9.47 Å². The number of methoxy groups -OCH3 is 1. The molecule has 2 aromatic rings. The van der Waals surface area contributed by atoms with Crippen molar-refractivity contribution in [2.24, 2.45) is 0 Å². The van der Waals surface area contributed by atoms with Crippen LogP contribution in [-0.2, 0) is 5.41 Å². The Morgan fingerprint density at radius 2 is 0.971 bits per heavy atom. The highest BCUT2D eigenvalue weighted by molar-refractivity contribution is 5.47. The van der Waals surface area contributed by atoms with Gasteiger partial charge in [0.1, 0.15) is 11.5 Å². The van der Waals surface area contributed by atoms with E-state index in [1.165, 1.54) is 0 Å². The van der Waals surface area contributed by atoms with Crippen LogP contribution >= 0.6 is 0 Å². The van der Waals surface area contributed by atoms with Gasteiger partial charge in [0, 0.05) is 0 Å². The van der Waals surface area contributed by atoms with Gasteiger partial charge in [0.15, 0.2) is 0 Å². The van der Waals surface area contributed by atoms with Crippen molar-refractivity contribution < 1.29 is 62.2 Å². The van der Waals surface area contributed by atoms with Crippen molar-refractivity contribution in [3.63, 3.8) is 0 Å². The van der Waals surface area contributed by atoms with Gasteiger partial charge in [0.05, 0.1) is 7.11 Å². The zero-order valence-corrected chi connectivity index (χ0v) is 17.5. The van der Waals surface area contributed by atoms with Gasteiger partial charge in [-0.3, -0.25) is 0 Å². The molecule has 1 aliphatic carbocycles. The molecule has 2 atom stereocenters. The van der Waals surface area contributed by atoms with E-state index in [4.69, 9.17) is 4.74 Å². The van der Waals surface area contributed by atoms with Gasteiger partial charge in [-0.15, -0.1) is 0 Å². The Morgan fingerprint density at radius 3 is 1.29 bits per heavy atom. The summed E-state index contributed by atoms with van der Waals surface area (Å²) in [6.07, 6.45) is -12.0. The lowest BCUT2D eigenvalue weighted by molar-refractivity contribution is -0.480. The molecule has 0 amide bonds. The van der Waals surface area contributed by atoms with Crippen molar-refractivity contribution in [1.82, 2.24) is 0 Å². The molecule has 0 spiro atoms. The van der Waals surface area contributed by atoms with Gasteiger partial charge in [-0.1, -0.05) is 24.3 Å². The van der Waals surface area contributed by atoms with E-state index in [-0.39, 0.29) is 36.9 Å². The fourth-order valence-corrected chi connectivity index (χ4v) is 3.85. The summed E-state index contributed by atoms with van der Waals surface area (Å²) in [6.45, 7) is -0.221. The summed E-state index contributed by atoms with van der Waals surface area (Å²) in [7, 11) is 1.12. The van der Waals surface area contributed by atoms with Crippen molar-refractivity contribution >= 4 is 0 Å². The second-order valence-electron chi connectivity index (χ2n) is 7.85. The molecule has 0 saturated heterocycles. The second-order valence-corrected chi connectivity index (χ2v) is 7.85. The van der Waals surface area contributed by atoms with Crippen LogP contribution in [-0.4, -0.2) is 42.8 Å². The molecule has 0 heterocycles. The minimum atomic E-state index is -6.01. The van der Waals surface area contributed by atoms with E-state index in [1.807, 2.05) is 0 Å². The van der Waals surface area contributed by atoms with E-state index < -0.39 is 58.0 Å². The van der Waals surface area contributed by atoms with Crippen molar-refractivity contribution in [2.45, 2.75) is 48.1 Å². The summed E-state index contributed by atoms with van der Waals surface area (Å²) in [5.74, 6) is -17.4. The number of hydrogen-bond donors (Lipinski definition) is 0. The number of ether oxygens (including phenoxy) is 2. The molecule has 2 unspecified atom stereocenters. The van der Waals surface area contributed by atoms with Crippen LogP contribution in [0.1, 0.15) is 18.1 Å². The number of rotatable bonds is 5. The second kappa shape index (κ2) is 7.60. The molecule has 2 nitrogen and oxygen atoms in total. The quantitative estimate of drug-likeness (QED) is 0.385. The highest BCUT2D eigenvalue weighted by atomic mass is 19.4. The maximum atomic E-state index is 14.5. The molecule has 0 bridgehead atoms. The maximum Gasteiger partial charge on any atom is 0.411 e. The minimum Gasteiger partial charge on any atom is -0.497 e. The maximum absolute atomic E-state index is 14.5. The number of hydrogen-bond acceptors (Lipinski definition) is 2. The highest BCUT2D eigenvalue weighted by Gasteiger charge is 2.98. The summed E-state index contributed by atoms with van der Waals surface area (Å²) in [5, 5.41) is 0. The highest BCUT2D eigenvalue weighted by Crippen LogP contribution is 2.68. The van der Waals surface area contributed by atoms with E-state index >= 15 is 0 Å². The molecule has 194 valence electrons. The van der Waals surface area contributed by atoms with Gasteiger partial charge in [0.25, 0.3) is 5.67 Å². The van der Waals surface area contributed by atoms with Crippen molar-refractivity contribution in [3.8, 4) is 11.5 Å². The van der Waals surface area contributed by atoms with Crippen molar-refractivity contribution in [3.05, 3.63) is 59.7 Å². The molecule has 2 aromatic carbocycles. The average molecular weight is 526 g/mol. The third-order valence-electron chi connectivity index (χ3n) is 5.91. The van der Waals surface area contributed by atoms with E-state index in [2.05, 4.69) is 4.74 Å². The summed E-state index contributed by atoms with van der Waals surface area (Å²) >= 11 is 0. The number of alkyl halides is 12. The standard InChI is InChI=1S/C21H14F12O2/c1-15(22)17(23,24)18(25,26)19(15,27)35-14-9-5-12(6-10-14)16(20(28,29)30,21(31,32)33)11-3-7-13(34-2)8-4-11/h3-10H,1-2H3. The molecule has 0 radical (unpaired) electrons. The number of benzene rings is 2. The Hall–Kier alpha value is -2.80. The van der Waals surface area contributed by atoms with Gasteiger partial charge in [0.2, 0.25) is 5.41 Å². The smallest absolute Gasteiger partial charge is 0.411 e. The first-order valence-electron chi connectivity index (χ1n) is 9.43. The minimum absolute atomic E-state index is 0.0588. The lowest BCUT2D eigenvalue weighted by atomic mass is 9.69. The van der Waals surface area contributed by atoms with E-state index in [0.29, 0.717) is 12.1 Å². The molecule has 3 rings (SSSR count). The Kier molecular flexibility index (Phi) is 5.82. The average Bonchev–Trinajstić information content (AvgIpc) is 2.73. The molecule has 0 aliphatic heterocycles. The molecule has 1 aliphatic rings. The largest absolute Gasteiger partial charge is 0.497 e. The molecular weight excluding hydrogens is 512 g/mol. The van der Waals surface area contributed by atoms with Gasteiger partial charge in [-0.25, -0.2) is 4.39 Å². The first kappa shape index (κ1) is 26.8. The Bertz CT molecular complexity index is 1040. The van der Waals surface area contributed by atoms with Crippen molar-refractivity contribution in [1.29, 1.82) is 0 Å². The van der Waals surface area contributed by atoms with Crippen LogP contribution in [0.4, 0.5) is 52.7 Å². The van der Waals surface area contributed by atoms with Crippen LogP contribution in [0, 0.1) is 0 Å². The van der Waals surface area contributed by atoms with Crippen LogP contribution in [0.2, 0.25) is 0 Å². The predicted molar refractivity (Wildman–Crippen MR) is 96.2 cm³/mol. The third-order valence-corrected chi connectivity index (χ3v) is 5.91. The Labute approximate surface area is 189 Å². The molecule has 0 N–H and O–H groups in total. The molecule has 0 aromatic heterocycles. The monoisotopic (exact) mass is 526 g/mol. The summed E-state index contributed by atoms with van der Waals surface area (Å²) in [4.78, 5) is 0. The first-order chi connectivity index (χ1) is 15.7. The summed E-state index contributed by atoms with van der Waals surface area (Å²) < 4.78 is 176. The molecule has 14 heteroatoms. The van der Waals surface area contributed by atoms with E-state index in [9.17, 15) is 52.7 Å². The van der Waals surface area contributed by atoms with Gasteiger partial charge in [-0.2, -0.15) is 48.3 Å². The first-order valence-corrected chi connectivity index (χ1v) is 9.43. The van der Waals surface area contributed by atoms with Crippen LogP contribution in [0.3, 0.4) is 0 Å². The zero-order chi connectivity index (χ0) is 26.9. The molecular formula is C21H14F12O2. The lowest BCUT2D eigenvalue weighted by Gasteiger charge is -2.55. The third kappa shape index (κ3) is 3.27. The Balaban J connectivity index is 2.11. The fraction of sp³-hybridized carbons (Fsp3) is 0.429. The molecule has 35 heavy (non-hydrogen) atoms. The topological polar surface area (TPSA) is 18.5 Å². The van der Waals surface area contributed by atoms with Crippen LogP contribution in [0.25, 0.3) is 0 Å². The molecule has 1 saturated carbocycles. The molecule has 1 fully saturated rings. The van der Waals surface area contributed by atoms with E-state index in [1.54, 1.807) is 0 Å². The normalized spacial score (nSPS) is 26.1. The SMILES string of the molecule is COc1ccc(C(c2ccc(OC3(F)C(C)(F)C(F)(F)C3(F)F)cc2)(C(F)(F)F)C(F)(F)F)cc1. The van der Waals surface area contributed by atoms with Crippen LogP contribution in [0.5, 0.6) is 11.5 Å². The van der Waals surface area contributed by atoms with Crippen LogP contribution < -0.4 is 9.47 Å². The zero-order valence-electron chi connectivity index (χ0n) is 17.5. The summed E-state index contributed by atoms with van der Waals surface area (Å²) in [5.41, 5.74) is -12.0. The van der Waals surface area contributed by atoms with Crippen molar-refractivity contribution in [2.75, 3.05) is 7.11 Å².